The quantitative estimate of drug-likeness (QED) is 0.778. The second-order valence-corrected chi connectivity index (χ2v) is 6.39. The van der Waals surface area contributed by atoms with Gasteiger partial charge >= 0.3 is 0 Å². The summed E-state index contributed by atoms with van der Waals surface area (Å²) in [5.74, 6) is 0.298. The molecule has 26 heavy (non-hydrogen) atoms. The monoisotopic (exact) mass is 353 g/mol. The highest BCUT2D eigenvalue weighted by Gasteiger charge is 2.34. The number of anilines is 2. The molecule has 1 aliphatic rings. The lowest BCUT2D eigenvalue weighted by Gasteiger charge is -2.17. The van der Waals surface area contributed by atoms with Gasteiger partial charge in [-0.15, -0.1) is 0 Å². The van der Waals surface area contributed by atoms with E-state index in [0.29, 0.717) is 13.1 Å². The molecule has 0 saturated carbocycles. The predicted molar refractivity (Wildman–Crippen MR) is 101 cm³/mol. The fourth-order valence-corrected chi connectivity index (χ4v) is 3.05. The minimum Gasteiger partial charge on any atom is -0.497 e. The SMILES string of the molecule is COc1ccc(N2CC(C(=O)NCCc3ccc(N)cc3)CC2=O)cc1. The molecule has 3 N–H and O–H groups in total. The lowest BCUT2D eigenvalue weighted by Crippen LogP contribution is -2.34. The predicted octanol–water partition coefficient (Wildman–Crippen LogP) is 1.99. The maximum Gasteiger partial charge on any atom is 0.227 e. The van der Waals surface area contributed by atoms with Gasteiger partial charge in [-0.2, -0.15) is 0 Å². The number of ether oxygens (including phenoxy) is 1. The van der Waals surface area contributed by atoms with Gasteiger partial charge in [-0.05, 0) is 48.4 Å². The van der Waals surface area contributed by atoms with E-state index in [4.69, 9.17) is 10.5 Å². The number of rotatable bonds is 6. The fourth-order valence-electron chi connectivity index (χ4n) is 3.05. The number of hydrogen-bond donors (Lipinski definition) is 2. The number of nitrogen functional groups attached to an aromatic ring is 1. The van der Waals surface area contributed by atoms with Gasteiger partial charge in [0.15, 0.2) is 0 Å². The Morgan fingerprint density at radius 2 is 1.88 bits per heavy atom. The number of methoxy groups -OCH3 is 1. The van der Waals surface area contributed by atoms with E-state index in [1.54, 1.807) is 12.0 Å². The van der Waals surface area contributed by atoms with Crippen LogP contribution in [0, 0.1) is 5.92 Å². The summed E-state index contributed by atoms with van der Waals surface area (Å²) in [5.41, 5.74) is 8.28. The number of carbonyl (C=O) groups is 2. The molecule has 2 aromatic rings. The van der Waals surface area contributed by atoms with Crippen LogP contribution in [-0.2, 0) is 16.0 Å². The summed E-state index contributed by atoms with van der Waals surface area (Å²) in [6.45, 7) is 0.939. The van der Waals surface area contributed by atoms with Crippen molar-refractivity contribution in [3.05, 3.63) is 54.1 Å². The standard InChI is InChI=1S/C20H23N3O3/c1-26-18-8-6-17(7-9-18)23-13-15(12-19(23)24)20(25)22-11-10-14-2-4-16(21)5-3-14/h2-9,15H,10-13,21H2,1H3,(H,22,25). The Balaban J connectivity index is 1.52. The van der Waals surface area contributed by atoms with Crippen LogP contribution in [0.4, 0.5) is 11.4 Å². The van der Waals surface area contributed by atoms with Gasteiger partial charge in [0.2, 0.25) is 11.8 Å². The van der Waals surface area contributed by atoms with Crippen LogP contribution in [-0.4, -0.2) is 32.0 Å². The molecule has 0 aromatic heterocycles. The topological polar surface area (TPSA) is 84.7 Å². The van der Waals surface area contributed by atoms with E-state index in [-0.39, 0.29) is 24.2 Å². The Morgan fingerprint density at radius 3 is 2.54 bits per heavy atom. The highest BCUT2D eigenvalue weighted by molar-refractivity contribution is 6.00. The van der Waals surface area contributed by atoms with Crippen LogP contribution < -0.4 is 20.7 Å². The van der Waals surface area contributed by atoms with E-state index in [0.717, 1.165) is 29.1 Å². The van der Waals surface area contributed by atoms with Crippen LogP contribution in [0.3, 0.4) is 0 Å². The van der Waals surface area contributed by atoms with Crippen LogP contribution in [0.15, 0.2) is 48.5 Å². The van der Waals surface area contributed by atoms with Gasteiger partial charge < -0.3 is 20.7 Å². The van der Waals surface area contributed by atoms with Crippen LogP contribution in [0.2, 0.25) is 0 Å². The van der Waals surface area contributed by atoms with E-state index in [1.807, 2.05) is 48.5 Å². The largest absolute Gasteiger partial charge is 0.497 e. The molecule has 1 fully saturated rings. The summed E-state index contributed by atoms with van der Waals surface area (Å²) in [5, 5.41) is 2.93. The molecule has 2 amide bonds. The van der Waals surface area contributed by atoms with Gasteiger partial charge in [0.1, 0.15) is 5.75 Å². The smallest absolute Gasteiger partial charge is 0.227 e. The molecule has 0 bridgehead atoms. The van der Waals surface area contributed by atoms with Gasteiger partial charge in [-0.25, -0.2) is 0 Å². The average Bonchev–Trinajstić information content (AvgIpc) is 3.05. The molecule has 2 aromatic carbocycles. The van der Waals surface area contributed by atoms with Crippen molar-refractivity contribution >= 4 is 23.2 Å². The number of nitrogens with one attached hydrogen (secondary N) is 1. The van der Waals surface area contributed by atoms with E-state index in [1.165, 1.54) is 0 Å². The van der Waals surface area contributed by atoms with Gasteiger partial charge in [0.05, 0.1) is 13.0 Å². The van der Waals surface area contributed by atoms with Crippen LogP contribution in [0.1, 0.15) is 12.0 Å². The molecule has 1 saturated heterocycles. The molecule has 136 valence electrons. The molecule has 6 nitrogen and oxygen atoms in total. The Hall–Kier alpha value is -3.02. The summed E-state index contributed by atoms with van der Waals surface area (Å²) in [6, 6.07) is 14.9. The minimum absolute atomic E-state index is 0.0335. The summed E-state index contributed by atoms with van der Waals surface area (Å²) in [4.78, 5) is 26.3. The van der Waals surface area contributed by atoms with Gasteiger partial charge in [0.25, 0.3) is 0 Å². The third-order valence-corrected chi connectivity index (χ3v) is 4.57. The van der Waals surface area contributed by atoms with Gasteiger partial charge in [-0.1, -0.05) is 12.1 Å². The van der Waals surface area contributed by atoms with Crippen molar-refractivity contribution in [2.75, 3.05) is 30.8 Å². The maximum absolute atomic E-state index is 12.4. The molecule has 0 spiro atoms. The first-order chi connectivity index (χ1) is 12.6. The van der Waals surface area contributed by atoms with E-state index in [9.17, 15) is 9.59 Å². The third kappa shape index (κ3) is 4.14. The van der Waals surface area contributed by atoms with Crippen molar-refractivity contribution in [1.29, 1.82) is 0 Å². The van der Waals surface area contributed by atoms with Gasteiger partial charge in [-0.3, -0.25) is 9.59 Å². The van der Waals surface area contributed by atoms with Crippen molar-refractivity contribution in [3.8, 4) is 5.75 Å². The Kier molecular flexibility index (Phi) is 5.41. The highest BCUT2D eigenvalue weighted by atomic mass is 16.5. The molecule has 1 atom stereocenters. The van der Waals surface area contributed by atoms with Crippen LogP contribution >= 0.6 is 0 Å². The first-order valence-electron chi connectivity index (χ1n) is 8.63. The number of carbonyl (C=O) groups excluding carboxylic acids is 2. The van der Waals surface area contributed by atoms with Crippen LogP contribution in [0.5, 0.6) is 5.75 Å². The third-order valence-electron chi connectivity index (χ3n) is 4.57. The first-order valence-corrected chi connectivity index (χ1v) is 8.63. The molecule has 1 aliphatic heterocycles. The minimum atomic E-state index is -0.323. The number of benzene rings is 2. The molecule has 1 heterocycles. The maximum atomic E-state index is 12.4. The lowest BCUT2D eigenvalue weighted by atomic mass is 10.1. The zero-order valence-corrected chi connectivity index (χ0v) is 14.8. The van der Waals surface area contributed by atoms with E-state index < -0.39 is 0 Å². The number of hydrogen-bond acceptors (Lipinski definition) is 4. The molecule has 6 heteroatoms. The lowest BCUT2D eigenvalue weighted by molar-refractivity contribution is -0.126. The summed E-state index contributed by atoms with van der Waals surface area (Å²) in [7, 11) is 1.60. The second kappa shape index (κ2) is 7.91. The number of amides is 2. The van der Waals surface area contributed by atoms with Crippen molar-refractivity contribution in [2.24, 2.45) is 5.92 Å². The number of nitrogens with two attached hydrogens (primary N) is 1. The van der Waals surface area contributed by atoms with Crippen molar-refractivity contribution in [1.82, 2.24) is 5.32 Å². The summed E-state index contributed by atoms with van der Waals surface area (Å²) in [6.07, 6.45) is 0.967. The normalized spacial score (nSPS) is 16.6. The Morgan fingerprint density at radius 1 is 1.19 bits per heavy atom. The molecule has 1 unspecified atom stereocenters. The van der Waals surface area contributed by atoms with Crippen molar-refractivity contribution < 1.29 is 14.3 Å². The van der Waals surface area contributed by atoms with Crippen LogP contribution in [0.25, 0.3) is 0 Å². The van der Waals surface area contributed by atoms with Gasteiger partial charge in [0, 0.05) is 30.9 Å². The molecule has 0 radical (unpaired) electrons. The zero-order valence-electron chi connectivity index (χ0n) is 14.8. The Labute approximate surface area is 152 Å². The summed E-state index contributed by atoms with van der Waals surface area (Å²) < 4.78 is 5.13. The van der Waals surface area contributed by atoms with E-state index >= 15 is 0 Å². The Bertz CT molecular complexity index is 772. The highest BCUT2D eigenvalue weighted by Crippen LogP contribution is 2.26. The fraction of sp³-hybridized carbons (Fsp3) is 0.300. The molecule has 0 aliphatic carbocycles. The van der Waals surface area contributed by atoms with Crippen molar-refractivity contribution in [3.63, 3.8) is 0 Å². The second-order valence-electron chi connectivity index (χ2n) is 6.39. The average molecular weight is 353 g/mol. The molecule has 3 rings (SSSR count). The van der Waals surface area contributed by atoms with E-state index in [2.05, 4.69) is 5.32 Å². The zero-order chi connectivity index (χ0) is 18.5. The summed E-state index contributed by atoms with van der Waals surface area (Å²) >= 11 is 0. The molecular formula is C20H23N3O3. The van der Waals surface area contributed by atoms with Crippen molar-refractivity contribution in [2.45, 2.75) is 12.8 Å². The first kappa shape index (κ1) is 17.8. The number of nitrogens with zero attached hydrogens (tertiary/aromatic N) is 1. The molecular weight excluding hydrogens is 330 g/mol.